The number of carbonyl (C=O) groups excluding carboxylic acids is 1. The van der Waals surface area contributed by atoms with Crippen LogP contribution in [-0.4, -0.2) is 24.8 Å². The molecule has 0 aliphatic heterocycles. The summed E-state index contributed by atoms with van der Waals surface area (Å²) in [6.07, 6.45) is -4.06. The zero-order chi connectivity index (χ0) is 14.5. The lowest BCUT2D eigenvalue weighted by atomic mass is 10.0. The number of hydrogen-bond donors (Lipinski definition) is 2. The Bertz CT molecular complexity index is 417. The van der Waals surface area contributed by atoms with Crippen LogP contribution in [0.25, 0.3) is 0 Å². The summed E-state index contributed by atoms with van der Waals surface area (Å²) in [5.74, 6) is -5.02. The van der Waals surface area contributed by atoms with Crippen molar-refractivity contribution in [3.63, 3.8) is 0 Å². The van der Waals surface area contributed by atoms with E-state index in [9.17, 15) is 22.4 Å². The summed E-state index contributed by atoms with van der Waals surface area (Å²) in [5, 5.41) is 1.76. The highest BCUT2D eigenvalue weighted by Crippen LogP contribution is 2.21. The molecular formula is C12H15ClF4N2O. The summed E-state index contributed by atoms with van der Waals surface area (Å²) in [6, 6.07) is 7.91. The van der Waals surface area contributed by atoms with Gasteiger partial charge in [-0.3, -0.25) is 4.79 Å². The van der Waals surface area contributed by atoms with Crippen molar-refractivity contribution < 1.29 is 22.4 Å². The van der Waals surface area contributed by atoms with Crippen molar-refractivity contribution in [2.45, 2.75) is 24.8 Å². The molecule has 0 radical (unpaired) electrons. The first kappa shape index (κ1) is 18.7. The lowest BCUT2D eigenvalue weighted by molar-refractivity contribution is -0.136. The highest BCUT2D eigenvalue weighted by molar-refractivity contribution is 5.85. The number of benzene rings is 1. The Hall–Kier alpha value is -1.34. The molecule has 1 rings (SSSR count). The van der Waals surface area contributed by atoms with E-state index in [1.165, 1.54) is 0 Å². The predicted molar refractivity (Wildman–Crippen MR) is 69.2 cm³/mol. The van der Waals surface area contributed by atoms with Gasteiger partial charge in [0.05, 0.1) is 6.54 Å². The third kappa shape index (κ3) is 5.75. The van der Waals surface area contributed by atoms with Gasteiger partial charge < -0.3 is 11.1 Å². The topological polar surface area (TPSA) is 55.1 Å². The summed E-state index contributed by atoms with van der Waals surface area (Å²) in [7, 11) is 0. The average molecular weight is 315 g/mol. The highest BCUT2D eigenvalue weighted by Gasteiger charge is 2.40. The Balaban J connectivity index is 0.00000361. The summed E-state index contributed by atoms with van der Waals surface area (Å²) in [5.41, 5.74) is 6.36. The number of amides is 1. The Labute approximate surface area is 119 Å². The van der Waals surface area contributed by atoms with Crippen LogP contribution in [0.4, 0.5) is 17.6 Å². The maximum atomic E-state index is 12.6. The predicted octanol–water partition coefficient (Wildman–Crippen LogP) is 2.51. The van der Waals surface area contributed by atoms with E-state index in [0.717, 1.165) is 0 Å². The van der Waals surface area contributed by atoms with Gasteiger partial charge in [-0.1, -0.05) is 30.3 Å². The third-order valence-corrected chi connectivity index (χ3v) is 2.47. The van der Waals surface area contributed by atoms with Gasteiger partial charge in [0, 0.05) is 12.5 Å². The fourth-order valence-electron chi connectivity index (χ4n) is 1.38. The molecular weight excluding hydrogens is 300 g/mol. The maximum Gasteiger partial charge on any atom is 0.324 e. The summed E-state index contributed by atoms with van der Waals surface area (Å²) >= 11 is 0. The minimum atomic E-state index is -4.23. The Morgan fingerprint density at radius 1 is 1.25 bits per heavy atom. The van der Waals surface area contributed by atoms with Crippen LogP contribution in [0.15, 0.2) is 30.3 Å². The summed E-state index contributed by atoms with van der Waals surface area (Å²) < 4.78 is 48.9. The number of nitrogens with one attached hydrogen (secondary N) is 1. The molecule has 1 amide bonds. The molecule has 0 spiro atoms. The van der Waals surface area contributed by atoms with Gasteiger partial charge in [-0.05, 0) is 5.56 Å². The standard InChI is InChI=1S/C12H14F4N2O.ClH/c13-11(14)12(15,16)7-18-10(19)6-9(17)8-4-2-1-3-5-8;/h1-5,9,11H,6-7,17H2,(H,18,19);1H. The molecule has 8 heteroatoms. The molecule has 1 atom stereocenters. The van der Waals surface area contributed by atoms with Gasteiger partial charge in [0.25, 0.3) is 0 Å². The molecule has 3 nitrogen and oxygen atoms in total. The quantitative estimate of drug-likeness (QED) is 0.793. The van der Waals surface area contributed by atoms with Crippen LogP contribution in [0.2, 0.25) is 0 Å². The largest absolute Gasteiger partial charge is 0.350 e. The molecule has 0 heterocycles. The van der Waals surface area contributed by atoms with Crippen LogP contribution >= 0.6 is 12.4 Å². The average Bonchev–Trinajstić information content (AvgIpc) is 2.37. The molecule has 1 aromatic rings. The lowest BCUT2D eigenvalue weighted by Gasteiger charge is -2.17. The Kier molecular flexibility index (Phi) is 7.52. The summed E-state index contributed by atoms with van der Waals surface area (Å²) in [6.45, 7) is -1.40. The fraction of sp³-hybridized carbons (Fsp3) is 0.417. The first-order valence-electron chi connectivity index (χ1n) is 5.56. The molecule has 3 N–H and O–H groups in total. The van der Waals surface area contributed by atoms with E-state index in [0.29, 0.717) is 5.56 Å². The van der Waals surface area contributed by atoms with E-state index in [2.05, 4.69) is 0 Å². The molecule has 0 saturated carbocycles. The normalized spacial score (nSPS) is 12.7. The van der Waals surface area contributed by atoms with E-state index in [1.54, 1.807) is 35.6 Å². The van der Waals surface area contributed by atoms with Crippen LogP contribution < -0.4 is 11.1 Å². The van der Waals surface area contributed by atoms with Crippen molar-refractivity contribution in [1.29, 1.82) is 0 Å². The molecule has 0 aliphatic rings. The number of nitrogens with two attached hydrogens (primary N) is 1. The van der Waals surface area contributed by atoms with Crippen LogP contribution in [0, 0.1) is 0 Å². The van der Waals surface area contributed by atoms with Gasteiger partial charge in [0.1, 0.15) is 0 Å². The second-order valence-corrected chi connectivity index (χ2v) is 4.06. The van der Waals surface area contributed by atoms with Crippen LogP contribution in [0.5, 0.6) is 0 Å². The van der Waals surface area contributed by atoms with Gasteiger partial charge in [0.15, 0.2) is 0 Å². The first-order chi connectivity index (χ1) is 8.83. The van der Waals surface area contributed by atoms with Crippen molar-refractivity contribution in [3.05, 3.63) is 35.9 Å². The maximum absolute atomic E-state index is 12.6. The van der Waals surface area contributed by atoms with Crippen LogP contribution in [0.3, 0.4) is 0 Å². The van der Waals surface area contributed by atoms with Gasteiger partial charge in [0.2, 0.25) is 5.91 Å². The van der Waals surface area contributed by atoms with Gasteiger partial charge in [-0.25, -0.2) is 8.78 Å². The SMILES string of the molecule is Cl.NC(CC(=O)NCC(F)(F)C(F)F)c1ccccc1. The molecule has 0 saturated heterocycles. The number of carbonyl (C=O) groups is 1. The molecule has 0 fully saturated rings. The second kappa shape index (κ2) is 8.06. The number of hydrogen-bond acceptors (Lipinski definition) is 2. The third-order valence-electron chi connectivity index (χ3n) is 2.47. The van der Waals surface area contributed by atoms with E-state index >= 15 is 0 Å². The van der Waals surface area contributed by atoms with Gasteiger partial charge in [-0.2, -0.15) is 8.78 Å². The lowest BCUT2D eigenvalue weighted by Crippen LogP contribution is -2.42. The van der Waals surface area contributed by atoms with E-state index in [-0.39, 0.29) is 18.8 Å². The second-order valence-electron chi connectivity index (χ2n) is 4.06. The van der Waals surface area contributed by atoms with E-state index in [4.69, 9.17) is 5.73 Å². The Morgan fingerprint density at radius 2 is 1.80 bits per heavy atom. The van der Waals surface area contributed by atoms with E-state index < -0.39 is 30.8 Å². The number of rotatable bonds is 6. The van der Waals surface area contributed by atoms with Crippen molar-refractivity contribution in [2.24, 2.45) is 5.73 Å². The van der Waals surface area contributed by atoms with Crippen molar-refractivity contribution in [2.75, 3.05) is 6.54 Å². The van der Waals surface area contributed by atoms with Crippen LogP contribution in [0.1, 0.15) is 18.0 Å². The molecule has 1 unspecified atom stereocenters. The van der Waals surface area contributed by atoms with Gasteiger partial charge >= 0.3 is 12.3 Å². The van der Waals surface area contributed by atoms with E-state index in [1.807, 2.05) is 0 Å². The molecule has 20 heavy (non-hydrogen) atoms. The summed E-state index contributed by atoms with van der Waals surface area (Å²) in [4.78, 5) is 11.3. The molecule has 1 aromatic carbocycles. The zero-order valence-electron chi connectivity index (χ0n) is 10.4. The highest BCUT2D eigenvalue weighted by atomic mass is 35.5. The molecule has 0 bridgehead atoms. The van der Waals surface area contributed by atoms with Gasteiger partial charge in [-0.15, -0.1) is 12.4 Å². The molecule has 0 aliphatic carbocycles. The number of halogens is 5. The molecule has 114 valence electrons. The first-order valence-corrected chi connectivity index (χ1v) is 5.56. The number of alkyl halides is 4. The minimum absolute atomic E-state index is 0. The minimum Gasteiger partial charge on any atom is -0.350 e. The van der Waals surface area contributed by atoms with Crippen molar-refractivity contribution >= 4 is 18.3 Å². The van der Waals surface area contributed by atoms with Crippen LogP contribution in [-0.2, 0) is 4.79 Å². The fourth-order valence-corrected chi connectivity index (χ4v) is 1.38. The smallest absolute Gasteiger partial charge is 0.324 e. The van der Waals surface area contributed by atoms with Crippen molar-refractivity contribution in [3.8, 4) is 0 Å². The Morgan fingerprint density at radius 3 is 2.30 bits per heavy atom. The molecule has 0 aromatic heterocycles. The van der Waals surface area contributed by atoms with Crippen molar-refractivity contribution in [1.82, 2.24) is 5.32 Å². The zero-order valence-corrected chi connectivity index (χ0v) is 11.2. The monoisotopic (exact) mass is 314 g/mol.